The monoisotopic (exact) mass is 239 g/mol. The number of aldehydes is 1. The van der Waals surface area contributed by atoms with E-state index in [1.165, 1.54) is 32.0 Å². The molecule has 3 nitrogen and oxygen atoms in total. The van der Waals surface area contributed by atoms with Crippen molar-refractivity contribution in [1.82, 2.24) is 4.90 Å². The smallest absolute Gasteiger partial charge is 0.127 e. The number of piperidine rings is 1. The normalized spacial score (nSPS) is 27.6. The summed E-state index contributed by atoms with van der Waals surface area (Å²) < 4.78 is 0. The number of aliphatic hydroxyl groups excluding tert-OH is 1. The Hall–Kier alpha value is -0.410. The zero-order valence-corrected chi connectivity index (χ0v) is 10.7. The highest BCUT2D eigenvalue weighted by Crippen LogP contribution is 2.34. The fourth-order valence-corrected chi connectivity index (χ4v) is 3.27. The van der Waals surface area contributed by atoms with Gasteiger partial charge in [0.05, 0.1) is 6.10 Å². The second-order valence-electron chi connectivity index (χ2n) is 5.90. The van der Waals surface area contributed by atoms with Crippen LogP contribution in [0.5, 0.6) is 0 Å². The van der Waals surface area contributed by atoms with Gasteiger partial charge in [-0.25, -0.2) is 0 Å². The Morgan fingerprint density at radius 3 is 2.24 bits per heavy atom. The SMILES string of the molecule is O=CC1(CN2CCC(O)CC2)CCCCCC1. The van der Waals surface area contributed by atoms with Crippen molar-refractivity contribution < 1.29 is 9.90 Å². The van der Waals surface area contributed by atoms with Crippen molar-refractivity contribution in [2.75, 3.05) is 19.6 Å². The van der Waals surface area contributed by atoms with Crippen LogP contribution in [0.1, 0.15) is 51.4 Å². The van der Waals surface area contributed by atoms with Gasteiger partial charge in [-0.2, -0.15) is 0 Å². The van der Waals surface area contributed by atoms with Gasteiger partial charge < -0.3 is 14.8 Å². The zero-order chi connectivity index (χ0) is 12.1. The number of likely N-dealkylation sites (tertiary alicyclic amines) is 1. The first-order valence-electron chi connectivity index (χ1n) is 7.11. The van der Waals surface area contributed by atoms with E-state index in [-0.39, 0.29) is 11.5 Å². The van der Waals surface area contributed by atoms with Gasteiger partial charge >= 0.3 is 0 Å². The second-order valence-corrected chi connectivity index (χ2v) is 5.90. The largest absolute Gasteiger partial charge is 0.393 e. The molecular weight excluding hydrogens is 214 g/mol. The summed E-state index contributed by atoms with van der Waals surface area (Å²) in [6.07, 6.45) is 9.96. The van der Waals surface area contributed by atoms with Gasteiger partial charge in [0.15, 0.2) is 0 Å². The van der Waals surface area contributed by atoms with Crippen molar-refractivity contribution in [2.45, 2.75) is 57.5 Å². The van der Waals surface area contributed by atoms with Crippen LogP contribution in [0.4, 0.5) is 0 Å². The molecule has 2 aliphatic rings. The summed E-state index contributed by atoms with van der Waals surface area (Å²) in [6.45, 7) is 2.83. The molecule has 0 amide bonds. The van der Waals surface area contributed by atoms with Gasteiger partial charge in [-0.05, 0) is 25.7 Å². The van der Waals surface area contributed by atoms with Crippen LogP contribution in [0, 0.1) is 5.41 Å². The van der Waals surface area contributed by atoms with Gasteiger partial charge in [-0.1, -0.05) is 25.7 Å². The molecule has 0 aromatic carbocycles. The fourth-order valence-electron chi connectivity index (χ4n) is 3.27. The summed E-state index contributed by atoms with van der Waals surface area (Å²) in [7, 11) is 0. The molecule has 1 aliphatic carbocycles. The van der Waals surface area contributed by atoms with Crippen LogP contribution in [0.2, 0.25) is 0 Å². The van der Waals surface area contributed by atoms with E-state index in [1.54, 1.807) is 0 Å². The molecule has 2 fully saturated rings. The number of aliphatic hydroxyl groups is 1. The quantitative estimate of drug-likeness (QED) is 0.605. The topological polar surface area (TPSA) is 40.5 Å². The first-order valence-corrected chi connectivity index (χ1v) is 7.11. The summed E-state index contributed by atoms with van der Waals surface area (Å²) in [4.78, 5) is 13.9. The number of rotatable bonds is 3. The molecular formula is C14H25NO2. The zero-order valence-electron chi connectivity index (χ0n) is 10.7. The van der Waals surface area contributed by atoms with E-state index in [1.807, 2.05) is 0 Å². The van der Waals surface area contributed by atoms with Crippen LogP contribution in [-0.4, -0.2) is 42.0 Å². The van der Waals surface area contributed by atoms with Crippen LogP contribution in [0.25, 0.3) is 0 Å². The molecule has 1 heterocycles. The number of carbonyl (C=O) groups is 1. The third-order valence-corrected chi connectivity index (χ3v) is 4.44. The average molecular weight is 239 g/mol. The highest BCUT2D eigenvalue weighted by molar-refractivity contribution is 5.59. The summed E-state index contributed by atoms with van der Waals surface area (Å²) in [5.41, 5.74) is -0.0845. The molecule has 1 saturated carbocycles. The van der Waals surface area contributed by atoms with Crippen molar-refractivity contribution in [1.29, 1.82) is 0 Å². The van der Waals surface area contributed by atoms with E-state index in [4.69, 9.17) is 0 Å². The van der Waals surface area contributed by atoms with Crippen molar-refractivity contribution in [3.05, 3.63) is 0 Å². The molecule has 0 radical (unpaired) electrons. The van der Waals surface area contributed by atoms with E-state index in [0.717, 1.165) is 45.3 Å². The third kappa shape index (κ3) is 3.52. The molecule has 0 spiro atoms. The Bertz CT molecular complexity index is 239. The van der Waals surface area contributed by atoms with E-state index in [9.17, 15) is 9.90 Å². The standard InChI is InChI=1S/C14H25NO2/c16-12-14(7-3-1-2-4-8-14)11-15-9-5-13(17)6-10-15/h12-13,17H,1-11H2. The first-order chi connectivity index (χ1) is 8.24. The van der Waals surface area contributed by atoms with Crippen molar-refractivity contribution in [2.24, 2.45) is 5.41 Å². The van der Waals surface area contributed by atoms with Gasteiger partial charge in [0.25, 0.3) is 0 Å². The maximum Gasteiger partial charge on any atom is 0.127 e. The lowest BCUT2D eigenvalue weighted by molar-refractivity contribution is -0.118. The third-order valence-electron chi connectivity index (χ3n) is 4.44. The number of carbonyl (C=O) groups excluding carboxylic acids is 1. The summed E-state index contributed by atoms with van der Waals surface area (Å²) >= 11 is 0. The van der Waals surface area contributed by atoms with E-state index in [0.29, 0.717) is 0 Å². The Balaban J connectivity index is 1.91. The summed E-state index contributed by atoms with van der Waals surface area (Å²) in [5.74, 6) is 0. The van der Waals surface area contributed by atoms with Crippen LogP contribution in [0.3, 0.4) is 0 Å². The molecule has 0 aromatic heterocycles. The van der Waals surface area contributed by atoms with Gasteiger partial charge in [0.1, 0.15) is 6.29 Å². The van der Waals surface area contributed by atoms with E-state index < -0.39 is 0 Å². The maximum absolute atomic E-state index is 11.5. The number of nitrogens with zero attached hydrogens (tertiary/aromatic N) is 1. The second kappa shape index (κ2) is 5.96. The lowest BCUT2D eigenvalue weighted by atomic mass is 9.81. The lowest BCUT2D eigenvalue weighted by Crippen LogP contribution is -2.43. The molecule has 3 heteroatoms. The molecule has 2 rings (SSSR count). The minimum Gasteiger partial charge on any atom is -0.393 e. The molecule has 1 saturated heterocycles. The van der Waals surface area contributed by atoms with Crippen molar-refractivity contribution >= 4 is 6.29 Å². The van der Waals surface area contributed by atoms with Crippen LogP contribution in [-0.2, 0) is 4.79 Å². The van der Waals surface area contributed by atoms with Crippen LogP contribution >= 0.6 is 0 Å². The molecule has 0 atom stereocenters. The molecule has 0 aromatic rings. The van der Waals surface area contributed by atoms with Crippen LogP contribution < -0.4 is 0 Å². The van der Waals surface area contributed by atoms with E-state index in [2.05, 4.69) is 4.90 Å². The molecule has 0 unspecified atom stereocenters. The molecule has 98 valence electrons. The predicted octanol–water partition coefficient (Wildman–Crippen LogP) is 1.98. The Kier molecular flexibility index (Phi) is 4.57. The average Bonchev–Trinajstić information content (AvgIpc) is 2.58. The molecule has 0 bridgehead atoms. The van der Waals surface area contributed by atoms with E-state index >= 15 is 0 Å². The van der Waals surface area contributed by atoms with Gasteiger partial charge in [-0.15, -0.1) is 0 Å². The van der Waals surface area contributed by atoms with Gasteiger partial charge in [-0.3, -0.25) is 0 Å². The minimum atomic E-state index is -0.118. The summed E-state index contributed by atoms with van der Waals surface area (Å²) in [5, 5.41) is 9.50. The molecule has 17 heavy (non-hydrogen) atoms. The van der Waals surface area contributed by atoms with Crippen molar-refractivity contribution in [3.63, 3.8) is 0 Å². The molecule has 1 N–H and O–H groups in total. The van der Waals surface area contributed by atoms with Gasteiger partial charge in [0.2, 0.25) is 0 Å². The number of hydrogen-bond donors (Lipinski definition) is 1. The first kappa shape index (κ1) is 13.0. The van der Waals surface area contributed by atoms with Crippen LogP contribution in [0.15, 0.2) is 0 Å². The fraction of sp³-hybridized carbons (Fsp3) is 0.929. The Labute approximate surface area is 104 Å². The lowest BCUT2D eigenvalue weighted by Gasteiger charge is -2.37. The van der Waals surface area contributed by atoms with Gasteiger partial charge in [0, 0.05) is 25.0 Å². The molecule has 1 aliphatic heterocycles. The maximum atomic E-state index is 11.5. The Morgan fingerprint density at radius 1 is 1.12 bits per heavy atom. The number of hydrogen-bond acceptors (Lipinski definition) is 3. The van der Waals surface area contributed by atoms with Crippen molar-refractivity contribution in [3.8, 4) is 0 Å². The predicted molar refractivity (Wildman–Crippen MR) is 67.9 cm³/mol. The summed E-state index contributed by atoms with van der Waals surface area (Å²) in [6, 6.07) is 0. The highest BCUT2D eigenvalue weighted by atomic mass is 16.3. The highest BCUT2D eigenvalue weighted by Gasteiger charge is 2.33. The minimum absolute atomic E-state index is 0.0845. The Morgan fingerprint density at radius 2 is 1.71 bits per heavy atom.